The van der Waals surface area contributed by atoms with Gasteiger partial charge in [0.1, 0.15) is 5.69 Å². The van der Waals surface area contributed by atoms with Gasteiger partial charge in [0.2, 0.25) is 15.9 Å². The summed E-state index contributed by atoms with van der Waals surface area (Å²) in [5.41, 5.74) is 4.01. The zero-order valence-corrected chi connectivity index (χ0v) is 19.4. The molecule has 4 heterocycles. The molecule has 4 rings (SSSR count). The number of rotatable bonds is 6. The van der Waals surface area contributed by atoms with Crippen LogP contribution in [-0.2, 0) is 10.0 Å². The molecule has 0 spiro atoms. The second kappa shape index (κ2) is 8.22. The molecule has 0 saturated carbocycles. The molecule has 3 aromatic heterocycles. The average Bonchev–Trinajstić information content (AvgIpc) is 2.69. The van der Waals surface area contributed by atoms with Crippen LogP contribution in [0, 0.1) is 20.8 Å². The fraction of sp³-hybridized carbons (Fsp3) is 0.318. The second-order valence-corrected chi connectivity index (χ2v) is 9.91. The minimum Gasteiger partial charge on any atom is -0.435 e. The minimum atomic E-state index is -3.60. The SMILES string of the molecule is Cc1cc(C)c(Oc2nc(-c3cncc(N4CC(F)(F)C4)c3)ccc2NS(C)(=O)=O)c(C)n1. The molecule has 8 nitrogen and oxygen atoms in total. The molecule has 0 atom stereocenters. The third kappa shape index (κ3) is 5.19. The smallest absolute Gasteiger partial charge is 0.282 e. The van der Waals surface area contributed by atoms with E-state index < -0.39 is 15.9 Å². The summed E-state index contributed by atoms with van der Waals surface area (Å²) in [6, 6.07) is 6.71. The van der Waals surface area contributed by atoms with Gasteiger partial charge in [-0.2, -0.15) is 0 Å². The average molecular weight is 476 g/mol. The molecule has 1 aliphatic rings. The van der Waals surface area contributed by atoms with Crippen LogP contribution in [0.3, 0.4) is 0 Å². The Hall–Kier alpha value is -3.34. The van der Waals surface area contributed by atoms with Crippen LogP contribution >= 0.6 is 0 Å². The van der Waals surface area contributed by atoms with Gasteiger partial charge < -0.3 is 9.64 Å². The molecule has 11 heteroatoms. The van der Waals surface area contributed by atoms with Crippen molar-refractivity contribution in [3.8, 4) is 22.9 Å². The van der Waals surface area contributed by atoms with Gasteiger partial charge >= 0.3 is 0 Å². The van der Waals surface area contributed by atoms with Crippen LogP contribution in [0.5, 0.6) is 11.6 Å². The molecule has 0 aliphatic carbocycles. The number of ether oxygens (including phenoxy) is 1. The molecule has 1 saturated heterocycles. The van der Waals surface area contributed by atoms with Crippen LogP contribution in [0.1, 0.15) is 17.0 Å². The first kappa shape index (κ1) is 22.8. The summed E-state index contributed by atoms with van der Waals surface area (Å²) in [6.45, 7) is 4.79. The first-order valence-corrected chi connectivity index (χ1v) is 12.0. The maximum atomic E-state index is 13.3. The fourth-order valence-corrected chi connectivity index (χ4v) is 4.21. The highest BCUT2D eigenvalue weighted by atomic mass is 32.2. The number of aromatic nitrogens is 3. The number of aryl methyl sites for hydroxylation is 3. The third-order valence-electron chi connectivity index (χ3n) is 5.04. The molecule has 174 valence electrons. The van der Waals surface area contributed by atoms with Crippen molar-refractivity contribution in [2.24, 2.45) is 0 Å². The molecule has 0 radical (unpaired) electrons. The van der Waals surface area contributed by atoms with Crippen molar-refractivity contribution in [3.63, 3.8) is 0 Å². The Morgan fingerprint density at radius 2 is 1.82 bits per heavy atom. The summed E-state index contributed by atoms with van der Waals surface area (Å²) >= 11 is 0. The Balaban J connectivity index is 1.73. The molecule has 1 aliphatic heterocycles. The normalized spacial score (nSPS) is 15.2. The van der Waals surface area contributed by atoms with E-state index in [4.69, 9.17) is 4.74 Å². The Labute approximate surface area is 190 Å². The highest BCUT2D eigenvalue weighted by Gasteiger charge is 2.44. The topological polar surface area (TPSA) is 97.3 Å². The maximum absolute atomic E-state index is 13.3. The van der Waals surface area contributed by atoms with E-state index in [2.05, 4.69) is 19.7 Å². The van der Waals surface area contributed by atoms with Gasteiger partial charge in [-0.25, -0.2) is 22.2 Å². The molecule has 3 aromatic rings. The highest BCUT2D eigenvalue weighted by Crippen LogP contribution is 2.36. The summed E-state index contributed by atoms with van der Waals surface area (Å²) in [5.74, 6) is -2.20. The Morgan fingerprint density at radius 3 is 2.45 bits per heavy atom. The number of halogens is 2. The summed E-state index contributed by atoms with van der Waals surface area (Å²) < 4.78 is 58.7. The van der Waals surface area contributed by atoms with E-state index in [0.717, 1.165) is 17.5 Å². The van der Waals surface area contributed by atoms with Crippen molar-refractivity contribution >= 4 is 21.4 Å². The molecule has 33 heavy (non-hydrogen) atoms. The molecule has 1 fully saturated rings. The van der Waals surface area contributed by atoms with Crippen LogP contribution in [0.15, 0.2) is 36.7 Å². The van der Waals surface area contributed by atoms with Crippen LogP contribution in [-0.4, -0.2) is 48.6 Å². The van der Waals surface area contributed by atoms with E-state index in [-0.39, 0.29) is 24.7 Å². The number of alkyl halides is 2. The first-order valence-electron chi connectivity index (χ1n) is 10.1. The summed E-state index contributed by atoms with van der Waals surface area (Å²) in [4.78, 5) is 14.6. The summed E-state index contributed by atoms with van der Waals surface area (Å²) in [7, 11) is -3.60. The van der Waals surface area contributed by atoms with Crippen LogP contribution < -0.4 is 14.4 Å². The number of nitrogens with zero attached hydrogens (tertiary/aromatic N) is 4. The standard InChI is InChI=1S/C22H23F2N5O3S/c1-13-7-14(2)26-15(3)20(13)32-21-19(28-33(4,30)31)6-5-18(27-21)16-8-17(10-25-9-16)29-11-22(23,24)12-29/h5-10,28H,11-12H2,1-4H3. The molecule has 0 unspecified atom stereocenters. The molecular weight excluding hydrogens is 452 g/mol. The maximum Gasteiger partial charge on any atom is 0.282 e. The molecule has 1 N–H and O–H groups in total. The van der Waals surface area contributed by atoms with E-state index in [1.807, 2.05) is 19.9 Å². The lowest BCUT2D eigenvalue weighted by Crippen LogP contribution is -2.56. The van der Waals surface area contributed by atoms with Gasteiger partial charge in [-0.15, -0.1) is 0 Å². The van der Waals surface area contributed by atoms with Gasteiger partial charge in [0.25, 0.3) is 5.92 Å². The van der Waals surface area contributed by atoms with Crippen molar-refractivity contribution in [2.45, 2.75) is 26.7 Å². The summed E-state index contributed by atoms with van der Waals surface area (Å²) in [5, 5.41) is 0. The Kier molecular flexibility index (Phi) is 5.69. The zero-order valence-electron chi connectivity index (χ0n) is 18.6. The summed E-state index contributed by atoms with van der Waals surface area (Å²) in [6.07, 6.45) is 4.10. The van der Waals surface area contributed by atoms with E-state index >= 15 is 0 Å². The van der Waals surface area contributed by atoms with Crippen LogP contribution in [0.4, 0.5) is 20.2 Å². The van der Waals surface area contributed by atoms with Gasteiger partial charge in [-0.3, -0.25) is 14.7 Å². The first-order chi connectivity index (χ1) is 15.4. The number of hydrogen-bond donors (Lipinski definition) is 1. The van der Waals surface area contributed by atoms with Crippen molar-refractivity contribution in [1.29, 1.82) is 0 Å². The number of sulfonamides is 1. The number of nitrogens with one attached hydrogen (secondary N) is 1. The lowest BCUT2D eigenvalue weighted by atomic mass is 10.1. The highest BCUT2D eigenvalue weighted by molar-refractivity contribution is 7.92. The predicted molar refractivity (Wildman–Crippen MR) is 122 cm³/mol. The molecule has 0 aromatic carbocycles. The minimum absolute atomic E-state index is 0.0377. The second-order valence-electron chi connectivity index (χ2n) is 8.16. The monoisotopic (exact) mass is 475 g/mol. The molecule has 0 amide bonds. The van der Waals surface area contributed by atoms with Crippen LogP contribution in [0.25, 0.3) is 11.3 Å². The lowest BCUT2D eigenvalue weighted by Gasteiger charge is -2.40. The Bertz CT molecular complexity index is 1300. The Morgan fingerprint density at radius 1 is 1.09 bits per heavy atom. The van der Waals surface area contributed by atoms with Gasteiger partial charge in [-0.05, 0) is 50.6 Å². The van der Waals surface area contributed by atoms with E-state index in [9.17, 15) is 17.2 Å². The third-order valence-corrected chi connectivity index (χ3v) is 5.63. The largest absolute Gasteiger partial charge is 0.435 e. The quantitative estimate of drug-likeness (QED) is 0.574. The van der Waals surface area contributed by atoms with E-state index in [1.165, 1.54) is 17.2 Å². The fourth-order valence-electron chi connectivity index (χ4n) is 3.65. The van der Waals surface area contributed by atoms with Crippen molar-refractivity contribution < 1.29 is 21.9 Å². The predicted octanol–water partition coefficient (Wildman–Crippen LogP) is 4.08. The van der Waals surface area contributed by atoms with Crippen molar-refractivity contribution in [3.05, 3.63) is 53.6 Å². The van der Waals surface area contributed by atoms with Gasteiger partial charge in [0.15, 0.2) is 5.75 Å². The van der Waals surface area contributed by atoms with Gasteiger partial charge in [0.05, 0.1) is 42.6 Å². The van der Waals surface area contributed by atoms with Gasteiger partial charge in [0, 0.05) is 17.5 Å². The zero-order chi connectivity index (χ0) is 24.0. The van der Waals surface area contributed by atoms with Crippen molar-refractivity contribution in [2.75, 3.05) is 29.0 Å². The number of anilines is 2. The number of pyridine rings is 3. The lowest BCUT2D eigenvalue weighted by molar-refractivity contribution is -0.0262. The van der Waals surface area contributed by atoms with Crippen molar-refractivity contribution in [1.82, 2.24) is 15.0 Å². The van der Waals surface area contributed by atoms with Gasteiger partial charge in [-0.1, -0.05) is 0 Å². The number of hydrogen-bond acceptors (Lipinski definition) is 7. The van der Waals surface area contributed by atoms with E-state index in [1.54, 1.807) is 25.3 Å². The molecule has 0 bridgehead atoms. The molecular formula is C22H23F2N5O3S. The van der Waals surface area contributed by atoms with Crippen LogP contribution in [0.2, 0.25) is 0 Å². The van der Waals surface area contributed by atoms with E-state index in [0.29, 0.717) is 28.4 Å².